The van der Waals surface area contributed by atoms with Gasteiger partial charge in [0.2, 0.25) is 0 Å². The third-order valence-corrected chi connectivity index (χ3v) is 3.81. The Morgan fingerprint density at radius 1 is 1.47 bits per heavy atom. The SMILES string of the molecule is CC(=O)Cc1ccc(SC(C)C)c(Br)c1. The summed E-state index contributed by atoms with van der Waals surface area (Å²) in [4.78, 5) is 12.2. The molecular formula is C12H15BrOS. The minimum absolute atomic E-state index is 0.200. The minimum atomic E-state index is 0.200. The summed E-state index contributed by atoms with van der Waals surface area (Å²) >= 11 is 5.35. The Morgan fingerprint density at radius 3 is 2.60 bits per heavy atom. The maximum absolute atomic E-state index is 11.0. The largest absolute Gasteiger partial charge is 0.300 e. The van der Waals surface area contributed by atoms with Crippen LogP contribution in [0.3, 0.4) is 0 Å². The zero-order valence-corrected chi connectivity index (χ0v) is 11.6. The number of carbonyl (C=O) groups is 1. The maximum atomic E-state index is 11.0. The summed E-state index contributed by atoms with van der Waals surface area (Å²) in [6.45, 7) is 5.95. The van der Waals surface area contributed by atoms with E-state index in [0.29, 0.717) is 11.7 Å². The number of benzene rings is 1. The lowest BCUT2D eigenvalue weighted by molar-refractivity contribution is -0.116. The molecule has 0 N–H and O–H groups in total. The molecule has 82 valence electrons. The van der Waals surface area contributed by atoms with Gasteiger partial charge in [-0.05, 0) is 40.5 Å². The monoisotopic (exact) mass is 286 g/mol. The fourth-order valence-electron chi connectivity index (χ4n) is 1.29. The quantitative estimate of drug-likeness (QED) is 0.776. The number of ketones is 1. The highest BCUT2D eigenvalue weighted by Gasteiger charge is 2.05. The van der Waals surface area contributed by atoms with Crippen molar-refractivity contribution in [2.45, 2.75) is 37.3 Å². The van der Waals surface area contributed by atoms with Crippen molar-refractivity contribution in [3.05, 3.63) is 28.2 Å². The molecule has 0 unspecified atom stereocenters. The fourth-order valence-corrected chi connectivity index (χ4v) is 2.82. The summed E-state index contributed by atoms with van der Waals surface area (Å²) in [5.41, 5.74) is 1.07. The van der Waals surface area contributed by atoms with Gasteiger partial charge in [-0.2, -0.15) is 0 Å². The van der Waals surface area contributed by atoms with Crippen LogP contribution in [0.4, 0.5) is 0 Å². The molecule has 0 radical (unpaired) electrons. The second-order valence-corrected chi connectivity index (χ2v) is 6.28. The molecule has 1 rings (SSSR count). The summed E-state index contributed by atoms with van der Waals surface area (Å²) in [6.07, 6.45) is 0.519. The van der Waals surface area contributed by atoms with E-state index in [2.05, 4.69) is 35.8 Å². The normalized spacial score (nSPS) is 10.7. The second kappa shape index (κ2) is 5.71. The number of carbonyl (C=O) groups excluding carboxylic acids is 1. The summed E-state index contributed by atoms with van der Waals surface area (Å²) in [7, 11) is 0. The first-order chi connectivity index (χ1) is 6.99. The van der Waals surface area contributed by atoms with E-state index in [1.54, 1.807) is 6.92 Å². The van der Waals surface area contributed by atoms with Gasteiger partial charge in [0.1, 0.15) is 5.78 Å². The van der Waals surface area contributed by atoms with Crippen molar-refractivity contribution in [2.75, 3.05) is 0 Å². The van der Waals surface area contributed by atoms with Crippen molar-refractivity contribution in [1.82, 2.24) is 0 Å². The van der Waals surface area contributed by atoms with E-state index >= 15 is 0 Å². The van der Waals surface area contributed by atoms with E-state index in [-0.39, 0.29) is 5.78 Å². The molecule has 0 fully saturated rings. The van der Waals surface area contributed by atoms with Crippen molar-refractivity contribution in [1.29, 1.82) is 0 Å². The first kappa shape index (κ1) is 12.8. The van der Waals surface area contributed by atoms with Crippen LogP contribution in [0.1, 0.15) is 26.3 Å². The molecule has 0 aliphatic carbocycles. The van der Waals surface area contributed by atoms with E-state index in [9.17, 15) is 4.79 Å². The van der Waals surface area contributed by atoms with Crippen molar-refractivity contribution in [3.63, 3.8) is 0 Å². The molecule has 0 aromatic heterocycles. The molecule has 0 bridgehead atoms. The molecule has 0 aliphatic heterocycles. The van der Waals surface area contributed by atoms with Gasteiger partial charge in [-0.3, -0.25) is 4.79 Å². The highest BCUT2D eigenvalue weighted by Crippen LogP contribution is 2.31. The lowest BCUT2D eigenvalue weighted by atomic mass is 10.1. The number of Topliss-reactive ketones (excluding diaryl/α,β-unsaturated/α-hetero) is 1. The van der Waals surface area contributed by atoms with Crippen LogP contribution in [0.25, 0.3) is 0 Å². The average Bonchev–Trinajstić information content (AvgIpc) is 2.08. The van der Waals surface area contributed by atoms with Gasteiger partial charge < -0.3 is 0 Å². The number of halogens is 1. The number of hydrogen-bond acceptors (Lipinski definition) is 2. The molecule has 0 saturated heterocycles. The van der Waals surface area contributed by atoms with Crippen molar-refractivity contribution in [3.8, 4) is 0 Å². The van der Waals surface area contributed by atoms with Gasteiger partial charge in [0.15, 0.2) is 0 Å². The summed E-state index contributed by atoms with van der Waals surface area (Å²) in [5, 5.41) is 0.569. The van der Waals surface area contributed by atoms with E-state index in [0.717, 1.165) is 10.0 Å². The van der Waals surface area contributed by atoms with E-state index < -0.39 is 0 Å². The molecule has 3 heteroatoms. The molecule has 15 heavy (non-hydrogen) atoms. The van der Waals surface area contributed by atoms with Crippen molar-refractivity contribution in [2.24, 2.45) is 0 Å². The Bertz CT molecular complexity index is 361. The molecule has 0 aliphatic rings. The van der Waals surface area contributed by atoms with Gasteiger partial charge in [0, 0.05) is 21.0 Å². The smallest absolute Gasteiger partial charge is 0.134 e. The lowest BCUT2D eigenvalue weighted by Crippen LogP contribution is -1.96. The third kappa shape index (κ3) is 4.39. The van der Waals surface area contributed by atoms with Crippen LogP contribution in [-0.4, -0.2) is 11.0 Å². The average molecular weight is 287 g/mol. The molecule has 1 nitrogen and oxygen atoms in total. The van der Waals surface area contributed by atoms with Crippen LogP contribution in [0, 0.1) is 0 Å². The Labute approximate surface area is 104 Å². The molecule has 0 heterocycles. The highest BCUT2D eigenvalue weighted by molar-refractivity contribution is 9.10. The van der Waals surface area contributed by atoms with E-state index in [1.165, 1.54) is 4.90 Å². The first-order valence-electron chi connectivity index (χ1n) is 4.93. The number of hydrogen-bond donors (Lipinski definition) is 0. The van der Waals surface area contributed by atoms with Crippen molar-refractivity contribution >= 4 is 33.5 Å². The Hall–Kier alpha value is -0.280. The molecule has 1 aromatic rings. The molecule has 1 aromatic carbocycles. The Balaban J connectivity index is 2.83. The molecule has 0 spiro atoms. The van der Waals surface area contributed by atoms with Gasteiger partial charge in [0.05, 0.1) is 0 Å². The van der Waals surface area contributed by atoms with Gasteiger partial charge in [-0.25, -0.2) is 0 Å². The van der Waals surface area contributed by atoms with E-state index in [4.69, 9.17) is 0 Å². The van der Waals surface area contributed by atoms with Crippen LogP contribution < -0.4 is 0 Å². The zero-order valence-electron chi connectivity index (χ0n) is 9.21. The number of rotatable bonds is 4. The van der Waals surface area contributed by atoms with Gasteiger partial charge in [-0.15, -0.1) is 11.8 Å². The van der Waals surface area contributed by atoms with Gasteiger partial charge in [-0.1, -0.05) is 19.9 Å². The predicted molar refractivity (Wildman–Crippen MR) is 69.5 cm³/mol. The maximum Gasteiger partial charge on any atom is 0.134 e. The van der Waals surface area contributed by atoms with Crippen LogP contribution >= 0.6 is 27.7 Å². The van der Waals surface area contributed by atoms with Crippen LogP contribution in [-0.2, 0) is 11.2 Å². The second-order valence-electron chi connectivity index (χ2n) is 3.81. The van der Waals surface area contributed by atoms with Crippen LogP contribution in [0.2, 0.25) is 0 Å². The summed E-state index contributed by atoms with van der Waals surface area (Å²) < 4.78 is 1.08. The molecule has 0 saturated carbocycles. The van der Waals surface area contributed by atoms with Gasteiger partial charge >= 0.3 is 0 Å². The van der Waals surface area contributed by atoms with Crippen molar-refractivity contribution < 1.29 is 4.79 Å². The number of thioether (sulfide) groups is 1. The predicted octanol–water partition coefficient (Wildman–Crippen LogP) is 4.08. The van der Waals surface area contributed by atoms with Crippen LogP contribution in [0.5, 0.6) is 0 Å². The first-order valence-corrected chi connectivity index (χ1v) is 6.61. The lowest BCUT2D eigenvalue weighted by Gasteiger charge is -2.08. The Kier molecular flexibility index (Phi) is 4.87. The van der Waals surface area contributed by atoms with Gasteiger partial charge in [0.25, 0.3) is 0 Å². The minimum Gasteiger partial charge on any atom is -0.300 e. The summed E-state index contributed by atoms with van der Waals surface area (Å²) in [5.74, 6) is 0.200. The van der Waals surface area contributed by atoms with E-state index in [1.807, 2.05) is 23.9 Å². The molecular weight excluding hydrogens is 272 g/mol. The molecule has 0 amide bonds. The molecule has 0 atom stereocenters. The third-order valence-electron chi connectivity index (χ3n) is 1.81. The highest BCUT2D eigenvalue weighted by atomic mass is 79.9. The fraction of sp³-hybridized carbons (Fsp3) is 0.417. The topological polar surface area (TPSA) is 17.1 Å². The summed E-state index contributed by atoms with van der Waals surface area (Å²) in [6, 6.07) is 6.13. The standard InChI is InChI=1S/C12H15BrOS/c1-8(2)15-12-5-4-10(6-9(3)14)7-11(12)13/h4-5,7-8H,6H2,1-3H3. The Morgan fingerprint density at radius 2 is 2.13 bits per heavy atom. The van der Waals surface area contributed by atoms with Crippen LogP contribution in [0.15, 0.2) is 27.6 Å². The zero-order chi connectivity index (χ0) is 11.4.